The minimum absolute atomic E-state index is 0.245. The zero-order valence-corrected chi connectivity index (χ0v) is 19.7. The highest BCUT2D eigenvalue weighted by Gasteiger charge is 2.24. The third-order valence-electron chi connectivity index (χ3n) is 5.37. The first kappa shape index (κ1) is 22.3. The molecule has 0 bridgehead atoms. The number of thiazole rings is 1. The molecule has 1 amide bonds. The quantitative estimate of drug-likeness (QED) is 0.361. The van der Waals surface area contributed by atoms with Crippen LogP contribution < -0.4 is 15.6 Å². The largest absolute Gasteiger partial charge is 0.495 e. The summed E-state index contributed by atoms with van der Waals surface area (Å²) in [6.07, 6.45) is -0.640. The van der Waals surface area contributed by atoms with Gasteiger partial charge in [-0.15, -0.1) is 0 Å². The second-order valence-electron chi connectivity index (χ2n) is 7.44. The number of rotatable bonds is 5. The van der Waals surface area contributed by atoms with Gasteiger partial charge in [-0.05, 0) is 24.3 Å². The van der Waals surface area contributed by atoms with Crippen LogP contribution >= 0.6 is 11.3 Å². The van der Waals surface area contributed by atoms with Gasteiger partial charge in [-0.3, -0.25) is 14.7 Å². The van der Waals surface area contributed by atoms with Crippen LogP contribution in [0, 0.1) is 0 Å². The van der Waals surface area contributed by atoms with E-state index in [2.05, 4.69) is 10.3 Å². The molecule has 5 rings (SSSR count). The van der Waals surface area contributed by atoms with E-state index in [1.54, 1.807) is 37.4 Å². The van der Waals surface area contributed by atoms with Crippen LogP contribution in [0.1, 0.15) is 0 Å². The zero-order chi connectivity index (χ0) is 24.4. The summed E-state index contributed by atoms with van der Waals surface area (Å²) in [5.41, 5.74) is 2.24. The summed E-state index contributed by atoms with van der Waals surface area (Å²) < 4.78 is 11.8. The lowest BCUT2D eigenvalue weighted by atomic mass is 10.1. The minimum atomic E-state index is -0.640. The first-order valence-corrected chi connectivity index (χ1v) is 11.5. The highest BCUT2D eigenvalue weighted by Crippen LogP contribution is 2.39. The number of hydrogen-bond donors (Lipinski definition) is 1. The molecule has 0 aliphatic rings. The number of hydrogen-bond acceptors (Lipinski definition) is 7. The number of anilines is 1. The normalized spacial score (nSPS) is 10.8. The number of ether oxygens (including phenoxy) is 2. The summed E-state index contributed by atoms with van der Waals surface area (Å²) in [5, 5.41) is 3.42. The maximum Gasteiger partial charge on any atom is 0.413 e. The maximum absolute atomic E-state index is 13.8. The number of fused-ring (bicyclic) bond motifs is 1. The van der Waals surface area contributed by atoms with Gasteiger partial charge in [0.15, 0.2) is 11.0 Å². The molecular weight excluding hydrogens is 464 g/mol. The van der Waals surface area contributed by atoms with Crippen LogP contribution in [0.25, 0.3) is 38.5 Å². The molecule has 0 fully saturated rings. The lowest BCUT2D eigenvalue weighted by Gasteiger charge is -2.16. The molecular formula is C26H20N4O4S. The third-order valence-corrected chi connectivity index (χ3v) is 6.34. The summed E-state index contributed by atoms with van der Waals surface area (Å²) in [6, 6.07) is 24.0. The molecule has 35 heavy (non-hydrogen) atoms. The Balaban J connectivity index is 1.86. The molecule has 8 nitrogen and oxygen atoms in total. The van der Waals surface area contributed by atoms with E-state index in [1.807, 2.05) is 48.5 Å². The number of carbonyl (C=O) groups is 1. The van der Waals surface area contributed by atoms with E-state index in [4.69, 9.17) is 14.5 Å². The zero-order valence-electron chi connectivity index (χ0n) is 18.9. The second-order valence-corrected chi connectivity index (χ2v) is 8.44. The number of aromatic nitrogens is 3. The molecule has 174 valence electrons. The van der Waals surface area contributed by atoms with Crippen molar-refractivity contribution in [3.05, 3.63) is 89.2 Å². The van der Waals surface area contributed by atoms with Gasteiger partial charge in [-0.2, -0.15) is 0 Å². The van der Waals surface area contributed by atoms with Crippen LogP contribution in [0.2, 0.25) is 0 Å². The summed E-state index contributed by atoms with van der Waals surface area (Å²) in [6.45, 7) is 0. The number of methoxy groups -OCH3 is 2. The van der Waals surface area contributed by atoms with Gasteiger partial charge in [0.25, 0.3) is 5.56 Å². The van der Waals surface area contributed by atoms with Crippen LogP contribution in [0.15, 0.2) is 83.7 Å². The van der Waals surface area contributed by atoms with E-state index < -0.39 is 6.09 Å². The number of nitrogens with one attached hydrogen (secondary N) is 1. The van der Waals surface area contributed by atoms with Gasteiger partial charge < -0.3 is 9.47 Å². The van der Waals surface area contributed by atoms with Crippen molar-refractivity contribution in [1.29, 1.82) is 0 Å². The Labute approximate surface area is 204 Å². The predicted octanol–water partition coefficient (Wildman–Crippen LogP) is 5.36. The van der Waals surface area contributed by atoms with Crippen molar-refractivity contribution in [3.63, 3.8) is 0 Å². The van der Waals surface area contributed by atoms with Gasteiger partial charge in [0.05, 0.1) is 36.5 Å². The molecule has 0 radical (unpaired) electrons. The Morgan fingerprint density at radius 1 is 0.914 bits per heavy atom. The Morgan fingerprint density at radius 3 is 2.40 bits per heavy atom. The average molecular weight is 485 g/mol. The highest BCUT2D eigenvalue weighted by atomic mass is 32.1. The lowest BCUT2D eigenvalue weighted by molar-refractivity contribution is 0.187. The molecule has 0 saturated heterocycles. The fourth-order valence-electron chi connectivity index (χ4n) is 3.78. The van der Waals surface area contributed by atoms with Crippen molar-refractivity contribution in [3.8, 4) is 33.4 Å². The van der Waals surface area contributed by atoms with E-state index in [0.717, 1.165) is 5.56 Å². The molecule has 0 aliphatic carbocycles. The van der Waals surface area contributed by atoms with Crippen LogP contribution in [0.3, 0.4) is 0 Å². The molecule has 0 saturated carbocycles. The third kappa shape index (κ3) is 4.13. The van der Waals surface area contributed by atoms with Gasteiger partial charge in [0.1, 0.15) is 10.6 Å². The van der Waals surface area contributed by atoms with Crippen LogP contribution in [-0.2, 0) is 4.74 Å². The molecule has 0 unspecified atom stereocenters. The topological polar surface area (TPSA) is 95.3 Å². The van der Waals surface area contributed by atoms with Gasteiger partial charge in [0, 0.05) is 5.56 Å². The average Bonchev–Trinajstić information content (AvgIpc) is 3.32. The molecule has 1 N–H and O–H groups in total. The van der Waals surface area contributed by atoms with E-state index >= 15 is 0 Å². The second kappa shape index (κ2) is 9.40. The summed E-state index contributed by atoms with van der Waals surface area (Å²) >= 11 is 1.20. The number of amides is 1. The smallest absolute Gasteiger partial charge is 0.413 e. The van der Waals surface area contributed by atoms with Crippen molar-refractivity contribution in [2.45, 2.75) is 0 Å². The highest BCUT2D eigenvalue weighted by molar-refractivity contribution is 7.19. The monoisotopic (exact) mass is 484 g/mol. The molecule has 3 aromatic carbocycles. The van der Waals surface area contributed by atoms with Crippen molar-refractivity contribution in [2.24, 2.45) is 0 Å². The summed E-state index contributed by atoms with van der Waals surface area (Å²) in [4.78, 5) is 35.9. The molecule has 0 spiro atoms. The number of nitrogens with zero attached hydrogens (tertiary/aromatic N) is 3. The summed E-state index contributed by atoms with van der Waals surface area (Å²) in [5.74, 6) is 0.902. The van der Waals surface area contributed by atoms with Crippen molar-refractivity contribution < 1.29 is 14.3 Å². The SMILES string of the molecule is COC(=O)Nc1nc(-c2ccccc2)c(-c2nc3ccccc3c(=O)n2-c2ccccc2OC)s1. The first-order valence-electron chi connectivity index (χ1n) is 10.7. The summed E-state index contributed by atoms with van der Waals surface area (Å²) in [7, 11) is 2.84. The maximum atomic E-state index is 13.8. The molecule has 5 aromatic rings. The van der Waals surface area contributed by atoms with Gasteiger partial charge in [-0.1, -0.05) is 65.9 Å². The molecule has 2 aromatic heterocycles. The lowest BCUT2D eigenvalue weighted by Crippen LogP contribution is -2.22. The first-order chi connectivity index (χ1) is 17.1. The number of carbonyl (C=O) groups excluding carboxylic acids is 1. The number of para-hydroxylation sites is 3. The predicted molar refractivity (Wildman–Crippen MR) is 136 cm³/mol. The standard InChI is InChI=1S/C26H20N4O4S/c1-33-20-15-9-8-14-19(20)30-23(27-18-13-7-6-12-17(18)24(30)31)22-21(16-10-4-3-5-11-16)28-25(35-22)29-26(32)34-2/h3-15H,1-2H3,(H,28,29,32). The minimum Gasteiger partial charge on any atom is -0.495 e. The molecule has 0 aliphatic heterocycles. The van der Waals surface area contributed by atoms with Crippen molar-refractivity contribution in [1.82, 2.24) is 14.5 Å². The number of benzene rings is 3. The fraction of sp³-hybridized carbons (Fsp3) is 0.0769. The molecule has 9 heteroatoms. The Bertz CT molecular complexity index is 1590. The fourth-order valence-corrected chi connectivity index (χ4v) is 4.73. The van der Waals surface area contributed by atoms with E-state index in [-0.39, 0.29) is 5.56 Å². The van der Waals surface area contributed by atoms with E-state index in [0.29, 0.717) is 43.9 Å². The molecule has 2 heterocycles. The van der Waals surface area contributed by atoms with Crippen LogP contribution in [0.4, 0.5) is 9.93 Å². The van der Waals surface area contributed by atoms with Crippen LogP contribution in [0.5, 0.6) is 5.75 Å². The van der Waals surface area contributed by atoms with E-state index in [1.165, 1.54) is 23.0 Å². The van der Waals surface area contributed by atoms with Crippen molar-refractivity contribution in [2.75, 3.05) is 19.5 Å². The van der Waals surface area contributed by atoms with Gasteiger partial charge in [0.2, 0.25) is 0 Å². The Kier molecular flexibility index (Phi) is 5.99. The van der Waals surface area contributed by atoms with Crippen LogP contribution in [-0.4, -0.2) is 34.8 Å². The van der Waals surface area contributed by atoms with Gasteiger partial charge in [-0.25, -0.2) is 14.8 Å². The van der Waals surface area contributed by atoms with E-state index in [9.17, 15) is 9.59 Å². The van der Waals surface area contributed by atoms with Gasteiger partial charge >= 0.3 is 6.09 Å². The Morgan fingerprint density at radius 2 is 1.63 bits per heavy atom. The Hall–Kier alpha value is -4.50. The van der Waals surface area contributed by atoms with Crippen molar-refractivity contribution >= 4 is 33.5 Å². The molecule has 0 atom stereocenters.